The molecule has 2 unspecified atom stereocenters. The molecule has 0 aliphatic heterocycles. The van der Waals surface area contributed by atoms with E-state index in [1.807, 2.05) is 0 Å². The Kier molecular flexibility index (Phi) is 5.90. The summed E-state index contributed by atoms with van der Waals surface area (Å²) in [5.74, 6) is 1.79. The lowest BCUT2D eigenvalue weighted by molar-refractivity contribution is 0.331. The van der Waals surface area contributed by atoms with Crippen LogP contribution >= 0.6 is 0 Å². The highest BCUT2D eigenvalue weighted by atomic mass is 16.5. The molecule has 0 radical (unpaired) electrons. The maximum atomic E-state index is 5.55. The Morgan fingerprint density at radius 1 is 1.20 bits per heavy atom. The van der Waals surface area contributed by atoms with Crippen LogP contribution in [0.25, 0.3) is 0 Å². The van der Waals surface area contributed by atoms with Gasteiger partial charge in [-0.25, -0.2) is 0 Å². The molecule has 0 spiro atoms. The minimum absolute atomic E-state index is 0.674. The fourth-order valence-corrected chi connectivity index (χ4v) is 3.51. The molecule has 1 aromatic carbocycles. The van der Waals surface area contributed by atoms with Gasteiger partial charge in [-0.05, 0) is 50.3 Å². The minimum atomic E-state index is 0.674. The molecule has 0 saturated heterocycles. The van der Waals surface area contributed by atoms with Crippen LogP contribution in [0.1, 0.15) is 50.2 Å². The summed E-state index contributed by atoms with van der Waals surface area (Å²) >= 11 is 0. The Hall–Kier alpha value is -1.02. The first-order valence-electron chi connectivity index (χ1n) is 8.11. The monoisotopic (exact) mass is 275 g/mol. The van der Waals surface area contributed by atoms with Crippen LogP contribution in [0.4, 0.5) is 0 Å². The van der Waals surface area contributed by atoms with E-state index in [2.05, 4.69) is 37.4 Å². The van der Waals surface area contributed by atoms with E-state index in [9.17, 15) is 0 Å². The Balaban J connectivity index is 2.14. The summed E-state index contributed by atoms with van der Waals surface area (Å²) in [6.45, 7) is 5.46. The molecule has 2 nitrogen and oxygen atoms in total. The lowest BCUT2D eigenvalue weighted by Gasteiger charge is -2.26. The summed E-state index contributed by atoms with van der Waals surface area (Å²) in [6, 6.07) is 7.22. The van der Waals surface area contributed by atoms with Crippen molar-refractivity contribution in [2.75, 3.05) is 13.7 Å². The number of methoxy groups -OCH3 is 1. The van der Waals surface area contributed by atoms with Gasteiger partial charge in [0.05, 0.1) is 7.11 Å². The van der Waals surface area contributed by atoms with Crippen LogP contribution < -0.4 is 10.1 Å². The van der Waals surface area contributed by atoms with Crippen LogP contribution in [-0.2, 0) is 6.42 Å². The number of ether oxygens (including phenoxy) is 1. The fourth-order valence-electron chi connectivity index (χ4n) is 3.51. The van der Waals surface area contributed by atoms with Gasteiger partial charge in [0, 0.05) is 6.04 Å². The molecule has 1 N–H and O–H groups in total. The first kappa shape index (κ1) is 15.4. The first-order valence-corrected chi connectivity index (χ1v) is 8.11. The fraction of sp³-hybridized carbons (Fsp3) is 0.667. The summed E-state index contributed by atoms with van der Waals surface area (Å²) in [7, 11) is 1.78. The van der Waals surface area contributed by atoms with E-state index >= 15 is 0 Å². The van der Waals surface area contributed by atoms with Crippen LogP contribution in [0, 0.1) is 12.8 Å². The Morgan fingerprint density at radius 2 is 2.00 bits per heavy atom. The second-order valence-electron chi connectivity index (χ2n) is 6.08. The van der Waals surface area contributed by atoms with Gasteiger partial charge in [-0.2, -0.15) is 0 Å². The molecule has 2 heteroatoms. The molecule has 112 valence electrons. The summed E-state index contributed by atoms with van der Waals surface area (Å²) < 4.78 is 5.55. The molecule has 0 aromatic heterocycles. The second-order valence-corrected chi connectivity index (χ2v) is 6.08. The largest absolute Gasteiger partial charge is 0.496 e. The third kappa shape index (κ3) is 3.99. The highest BCUT2D eigenvalue weighted by Crippen LogP contribution is 2.30. The van der Waals surface area contributed by atoms with E-state index in [1.54, 1.807) is 7.11 Å². The Morgan fingerprint density at radius 3 is 2.75 bits per heavy atom. The van der Waals surface area contributed by atoms with Gasteiger partial charge < -0.3 is 10.1 Å². The first-order chi connectivity index (χ1) is 9.74. The molecule has 1 aliphatic rings. The number of benzene rings is 1. The van der Waals surface area contributed by atoms with E-state index in [4.69, 9.17) is 4.74 Å². The van der Waals surface area contributed by atoms with E-state index < -0.39 is 0 Å². The summed E-state index contributed by atoms with van der Waals surface area (Å²) in [4.78, 5) is 0. The lowest BCUT2D eigenvalue weighted by Crippen LogP contribution is -2.36. The standard InChI is InChI=1S/C18H29NO/c1-4-19-17-9-7-5-6-8-15(17)13-16-12-14(2)10-11-18(16)20-3/h10-12,15,17,19H,4-9,13H2,1-3H3. The molecule has 0 amide bonds. The second kappa shape index (κ2) is 7.68. The Bertz CT molecular complexity index is 416. The highest BCUT2D eigenvalue weighted by Gasteiger charge is 2.24. The predicted octanol–water partition coefficient (Wildman–Crippen LogP) is 4.10. The molecule has 20 heavy (non-hydrogen) atoms. The van der Waals surface area contributed by atoms with Crippen molar-refractivity contribution >= 4 is 0 Å². The Labute approximate surface area is 123 Å². The van der Waals surface area contributed by atoms with Crippen molar-refractivity contribution in [2.24, 2.45) is 5.92 Å². The third-order valence-electron chi connectivity index (χ3n) is 4.54. The van der Waals surface area contributed by atoms with Crippen molar-refractivity contribution in [3.05, 3.63) is 29.3 Å². The molecule has 2 atom stereocenters. The molecule has 1 fully saturated rings. The zero-order valence-corrected chi connectivity index (χ0v) is 13.2. The van der Waals surface area contributed by atoms with E-state index in [0.717, 1.165) is 24.6 Å². The number of hydrogen-bond donors (Lipinski definition) is 1. The third-order valence-corrected chi connectivity index (χ3v) is 4.54. The van der Waals surface area contributed by atoms with Crippen molar-refractivity contribution in [3.8, 4) is 5.75 Å². The topological polar surface area (TPSA) is 21.3 Å². The maximum absolute atomic E-state index is 5.55. The molecular weight excluding hydrogens is 246 g/mol. The van der Waals surface area contributed by atoms with Crippen molar-refractivity contribution < 1.29 is 4.74 Å². The van der Waals surface area contributed by atoms with E-state index in [-0.39, 0.29) is 0 Å². The normalized spacial score (nSPS) is 23.4. The van der Waals surface area contributed by atoms with Crippen molar-refractivity contribution in [1.82, 2.24) is 5.32 Å². The van der Waals surface area contributed by atoms with Crippen molar-refractivity contribution in [3.63, 3.8) is 0 Å². The SMILES string of the molecule is CCNC1CCCCCC1Cc1cc(C)ccc1OC. The van der Waals surface area contributed by atoms with E-state index in [0.29, 0.717) is 6.04 Å². The summed E-state index contributed by atoms with van der Waals surface area (Å²) in [5, 5.41) is 3.71. The van der Waals surface area contributed by atoms with Gasteiger partial charge >= 0.3 is 0 Å². The quantitative estimate of drug-likeness (QED) is 0.817. The number of aryl methyl sites for hydroxylation is 1. The van der Waals surface area contributed by atoms with E-state index in [1.165, 1.54) is 43.2 Å². The van der Waals surface area contributed by atoms with Crippen molar-refractivity contribution in [2.45, 2.75) is 58.4 Å². The zero-order chi connectivity index (χ0) is 14.4. The van der Waals surface area contributed by atoms with Crippen LogP contribution in [0.15, 0.2) is 18.2 Å². The van der Waals surface area contributed by atoms with Crippen LogP contribution in [0.2, 0.25) is 0 Å². The van der Waals surface area contributed by atoms with Gasteiger partial charge in [-0.15, -0.1) is 0 Å². The van der Waals surface area contributed by atoms with Crippen molar-refractivity contribution in [1.29, 1.82) is 0 Å². The smallest absolute Gasteiger partial charge is 0.122 e. The minimum Gasteiger partial charge on any atom is -0.496 e. The predicted molar refractivity (Wildman–Crippen MR) is 85.5 cm³/mol. The zero-order valence-electron chi connectivity index (χ0n) is 13.2. The number of rotatable bonds is 5. The average Bonchev–Trinajstić information content (AvgIpc) is 2.66. The lowest BCUT2D eigenvalue weighted by atomic mass is 9.87. The van der Waals surface area contributed by atoms with Crippen LogP contribution in [0.5, 0.6) is 5.75 Å². The molecule has 1 saturated carbocycles. The number of hydrogen-bond acceptors (Lipinski definition) is 2. The van der Waals surface area contributed by atoms with Gasteiger partial charge in [0.1, 0.15) is 5.75 Å². The molecule has 0 heterocycles. The molecule has 1 aromatic rings. The maximum Gasteiger partial charge on any atom is 0.122 e. The van der Waals surface area contributed by atoms with Gasteiger partial charge in [0.2, 0.25) is 0 Å². The molecule has 0 bridgehead atoms. The van der Waals surface area contributed by atoms with Gasteiger partial charge in [0.25, 0.3) is 0 Å². The highest BCUT2D eigenvalue weighted by molar-refractivity contribution is 5.37. The van der Waals surface area contributed by atoms with Gasteiger partial charge in [0.15, 0.2) is 0 Å². The molecular formula is C18H29NO. The average molecular weight is 275 g/mol. The van der Waals surface area contributed by atoms with Crippen LogP contribution in [0.3, 0.4) is 0 Å². The molecule has 1 aliphatic carbocycles. The summed E-state index contributed by atoms with van der Waals surface area (Å²) in [6.07, 6.45) is 7.95. The molecule has 2 rings (SSSR count). The number of nitrogens with one attached hydrogen (secondary N) is 1. The van der Waals surface area contributed by atoms with Gasteiger partial charge in [-0.1, -0.05) is 43.9 Å². The van der Waals surface area contributed by atoms with Gasteiger partial charge in [-0.3, -0.25) is 0 Å². The summed E-state index contributed by atoms with van der Waals surface area (Å²) in [5.41, 5.74) is 2.71. The van der Waals surface area contributed by atoms with Crippen LogP contribution in [-0.4, -0.2) is 19.7 Å².